The van der Waals surface area contributed by atoms with E-state index in [1.54, 1.807) is 6.20 Å². The highest BCUT2D eigenvalue weighted by molar-refractivity contribution is 5.79. The maximum Gasteiger partial charge on any atom is 0.228 e. The van der Waals surface area contributed by atoms with Crippen LogP contribution in [0.5, 0.6) is 0 Å². The van der Waals surface area contributed by atoms with E-state index in [0.29, 0.717) is 19.8 Å². The highest BCUT2D eigenvalue weighted by Gasteiger charge is 2.29. The van der Waals surface area contributed by atoms with E-state index in [4.69, 9.17) is 4.74 Å². The third-order valence-corrected chi connectivity index (χ3v) is 4.93. The van der Waals surface area contributed by atoms with Crippen LogP contribution in [0, 0.1) is 5.92 Å². The van der Waals surface area contributed by atoms with E-state index in [0.717, 1.165) is 49.8 Å². The summed E-state index contributed by atoms with van der Waals surface area (Å²) in [5, 5.41) is 3.33. The van der Waals surface area contributed by atoms with Gasteiger partial charge in [0.25, 0.3) is 0 Å². The second kappa shape index (κ2) is 7.23. The van der Waals surface area contributed by atoms with E-state index >= 15 is 0 Å². The van der Waals surface area contributed by atoms with Crippen LogP contribution in [0.15, 0.2) is 30.6 Å². The third kappa shape index (κ3) is 3.51. The molecule has 0 spiro atoms. The van der Waals surface area contributed by atoms with Crippen LogP contribution in [-0.2, 0) is 29.0 Å². The molecule has 2 aliphatic rings. The summed E-state index contributed by atoms with van der Waals surface area (Å²) >= 11 is 0. The van der Waals surface area contributed by atoms with Gasteiger partial charge in [0.2, 0.25) is 5.91 Å². The summed E-state index contributed by atoms with van der Waals surface area (Å²) in [6.45, 7) is 4.20. The van der Waals surface area contributed by atoms with Gasteiger partial charge in [0.1, 0.15) is 11.6 Å². The van der Waals surface area contributed by atoms with Crippen molar-refractivity contribution in [1.29, 1.82) is 0 Å². The second-order valence-corrected chi connectivity index (χ2v) is 6.52. The first-order valence-electron chi connectivity index (χ1n) is 8.86. The molecule has 7 heteroatoms. The SMILES string of the molecule is O=C([C@H]1CCOC1)N1CCc2ncc(CNc3ccccn3)n2CC1. The molecular formula is C18H23N5O2. The molecule has 1 atom stereocenters. The van der Waals surface area contributed by atoms with Crippen LogP contribution < -0.4 is 5.32 Å². The van der Waals surface area contributed by atoms with Gasteiger partial charge in [0.05, 0.1) is 31.0 Å². The lowest BCUT2D eigenvalue weighted by molar-refractivity contribution is -0.135. The highest BCUT2D eigenvalue weighted by Crippen LogP contribution is 2.19. The van der Waals surface area contributed by atoms with Gasteiger partial charge in [0, 0.05) is 38.9 Å². The first-order chi connectivity index (χ1) is 12.3. The Morgan fingerprint density at radius 3 is 3.04 bits per heavy atom. The molecular weight excluding hydrogens is 318 g/mol. The number of nitrogens with one attached hydrogen (secondary N) is 1. The number of carbonyl (C=O) groups is 1. The number of carbonyl (C=O) groups excluding carboxylic acids is 1. The van der Waals surface area contributed by atoms with Crippen LogP contribution in [0.2, 0.25) is 0 Å². The van der Waals surface area contributed by atoms with Crippen molar-refractivity contribution in [2.24, 2.45) is 5.92 Å². The molecule has 0 aromatic carbocycles. The molecule has 2 aliphatic heterocycles. The molecule has 1 N–H and O–H groups in total. The van der Waals surface area contributed by atoms with E-state index < -0.39 is 0 Å². The van der Waals surface area contributed by atoms with Crippen molar-refractivity contribution in [3.63, 3.8) is 0 Å². The summed E-state index contributed by atoms with van der Waals surface area (Å²) in [6, 6.07) is 5.81. The maximum absolute atomic E-state index is 12.6. The number of anilines is 1. The fourth-order valence-corrected chi connectivity index (χ4v) is 3.49. The van der Waals surface area contributed by atoms with Gasteiger partial charge in [-0.1, -0.05) is 6.07 Å². The van der Waals surface area contributed by atoms with Crippen molar-refractivity contribution in [1.82, 2.24) is 19.4 Å². The van der Waals surface area contributed by atoms with E-state index in [1.807, 2.05) is 29.3 Å². The monoisotopic (exact) mass is 341 g/mol. The van der Waals surface area contributed by atoms with Gasteiger partial charge >= 0.3 is 0 Å². The standard InChI is InChI=1S/C18H23N5O2/c24-18(14-5-10-25-13-14)22-7-4-17-21-12-15(23(17)9-8-22)11-20-16-3-1-2-6-19-16/h1-3,6,12,14H,4-5,7-11,13H2,(H,19,20)/t14-/m0/s1. The number of hydrogen-bond acceptors (Lipinski definition) is 5. The second-order valence-electron chi connectivity index (χ2n) is 6.52. The normalized spacial score (nSPS) is 20.2. The number of aromatic nitrogens is 3. The minimum absolute atomic E-state index is 0.0377. The maximum atomic E-state index is 12.6. The summed E-state index contributed by atoms with van der Waals surface area (Å²) in [7, 11) is 0. The molecule has 0 bridgehead atoms. The molecule has 0 unspecified atom stereocenters. The zero-order valence-electron chi connectivity index (χ0n) is 14.2. The quantitative estimate of drug-likeness (QED) is 0.908. The van der Waals surface area contributed by atoms with Crippen molar-refractivity contribution in [3.8, 4) is 0 Å². The Hall–Kier alpha value is -2.41. The van der Waals surface area contributed by atoms with E-state index in [-0.39, 0.29) is 11.8 Å². The summed E-state index contributed by atoms with van der Waals surface area (Å²) in [5.41, 5.74) is 1.12. The number of fused-ring (bicyclic) bond motifs is 1. The number of nitrogens with zero attached hydrogens (tertiary/aromatic N) is 4. The third-order valence-electron chi connectivity index (χ3n) is 4.93. The first kappa shape index (κ1) is 16.1. The van der Waals surface area contributed by atoms with E-state index in [1.165, 1.54) is 0 Å². The van der Waals surface area contributed by atoms with Gasteiger partial charge in [0.15, 0.2) is 0 Å². The molecule has 0 saturated carbocycles. The Labute approximate surface area is 147 Å². The minimum atomic E-state index is 0.0377. The van der Waals surface area contributed by atoms with Crippen LogP contribution >= 0.6 is 0 Å². The Bertz CT molecular complexity index is 724. The molecule has 2 aromatic rings. The summed E-state index contributed by atoms with van der Waals surface area (Å²) in [4.78, 5) is 23.4. The number of rotatable bonds is 4. The summed E-state index contributed by atoms with van der Waals surface area (Å²) < 4.78 is 7.59. The van der Waals surface area contributed by atoms with Crippen LogP contribution in [0.25, 0.3) is 0 Å². The van der Waals surface area contributed by atoms with Gasteiger partial charge in [-0.2, -0.15) is 0 Å². The van der Waals surface area contributed by atoms with Gasteiger partial charge in [-0.05, 0) is 18.6 Å². The lowest BCUT2D eigenvalue weighted by Crippen LogP contribution is -2.38. The average molecular weight is 341 g/mol. The van der Waals surface area contributed by atoms with Crippen molar-refractivity contribution < 1.29 is 9.53 Å². The van der Waals surface area contributed by atoms with Crippen LogP contribution in [0.1, 0.15) is 17.9 Å². The molecule has 7 nitrogen and oxygen atoms in total. The van der Waals surface area contributed by atoms with Gasteiger partial charge in [-0.25, -0.2) is 9.97 Å². The van der Waals surface area contributed by atoms with Gasteiger partial charge in [-0.3, -0.25) is 4.79 Å². The molecule has 4 rings (SSSR count). The number of hydrogen-bond donors (Lipinski definition) is 1. The minimum Gasteiger partial charge on any atom is -0.381 e. The molecule has 1 fully saturated rings. The smallest absolute Gasteiger partial charge is 0.228 e. The summed E-state index contributed by atoms with van der Waals surface area (Å²) in [6.07, 6.45) is 5.34. The Morgan fingerprint density at radius 1 is 1.28 bits per heavy atom. The summed E-state index contributed by atoms with van der Waals surface area (Å²) in [5.74, 6) is 2.17. The first-order valence-corrected chi connectivity index (χ1v) is 8.86. The zero-order valence-corrected chi connectivity index (χ0v) is 14.2. The molecule has 2 aromatic heterocycles. The molecule has 1 saturated heterocycles. The Kier molecular flexibility index (Phi) is 4.65. The van der Waals surface area contributed by atoms with Crippen molar-refractivity contribution >= 4 is 11.7 Å². The molecule has 0 radical (unpaired) electrons. The molecule has 25 heavy (non-hydrogen) atoms. The highest BCUT2D eigenvalue weighted by atomic mass is 16.5. The zero-order chi connectivity index (χ0) is 17.1. The topological polar surface area (TPSA) is 72.3 Å². The Balaban J connectivity index is 1.40. The molecule has 1 amide bonds. The van der Waals surface area contributed by atoms with Crippen molar-refractivity contribution in [2.45, 2.75) is 25.9 Å². The molecule has 0 aliphatic carbocycles. The lowest BCUT2D eigenvalue weighted by Gasteiger charge is -2.23. The van der Waals surface area contributed by atoms with Crippen molar-refractivity contribution in [2.75, 3.05) is 31.6 Å². The predicted octanol–water partition coefficient (Wildman–Crippen LogP) is 1.31. The molecule has 4 heterocycles. The van der Waals surface area contributed by atoms with E-state index in [2.05, 4.69) is 19.9 Å². The van der Waals surface area contributed by atoms with Crippen LogP contribution in [0.3, 0.4) is 0 Å². The van der Waals surface area contributed by atoms with E-state index in [9.17, 15) is 4.79 Å². The predicted molar refractivity (Wildman–Crippen MR) is 93.0 cm³/mol. The lowest BCUT2D eigenvalue weighted by atomic mass is 10.1. The number of pyridine rings is 1. The van der Waals surface area contributed by atoms with Gasteiger partial charge < -0.3 is 19.5 Å². The van der Waals surface area contributed by atoms with Crippen LogP contribution in [0.4, 0.5) is 5.82 Å². The Morgan fingerprint density at radius 2 is 2.24 bits per heavy atom. The van der Waals surface area contributed by atoms with Gasteiger partial charge in [-0.15, -0.1) is 0 Å². The number of imidazole rings is 1. The largest absolute Gasteiger partial charge is 0.381 e. The number of ether oxygens (including phenoxy) is 1. The number of amides is 1. The average Bonchev–Trinajstić information content (AvgIpc) is 3.26. The fourth-order valence-electron chi connectivity index (χ4n) is 3.49. The fraction of sp³-hybridized carbons (Fsp3) is 0.500. The van der Waals surface area contributed by atoms with Crippen molar-refractivity contribution in [3.05, 3.63) is 42.1 Å². The van der Waals surface area contributed by atoms with Crippen LogP contribution in [-0.4, -0.2) is 51.6 Å². The molecule has 132 valence electrons.